The highest BCUT2D eigenvalue weighted by molar-refractivity contribution is 7.10. The number of nitrogens with zero attached hydrogens (tertiary/aromatic N) is 3. The Balaban J connectivity index is 1.37. The molecule has 1 aliphatic carbocycles. The molecule has 136 valence electrons. The minimum Gasteiger partial charge on any atom is -0.357 e. The van der Waals surface area contributed by atoms with Gasteiger partial charge in [-0.15, -0.1) is 11.3 Å². The summed E-state index contributed by atoms with van der Waals surface area (Å²) in [5, 5.41) is 5.52. The van der Waals surface area contributed by atoms with Crippen LogP contribution in [0.25, 0.3) is 0 Å². The van der Waals surface area contributed by atoms with Gasteiger partial charge in [-0.3, -0.25) is 4.79 Å². The summed E-state index contributed by atoms with van der Waals surface area (Å²) >= 11 is 1.81. The van der Waals surface area contributed by atoms with Crippen LogP contribution in [-0.2, 0) is 17.8 Å². The summed E-state index contributed by atoms with van der Waals surface area (Å²) in [6.07, 6.45) is 6.35. The van der Waals surface area contributed by atoms with E-state index in [1.165, 1.54) is 36.1 Å². The Kier molecular flexibility index (Phi) is 4.71. The summed E-state index contributed by atoms with van der Waals surface area (Å²) in [7, 11) is 0. The third kappa shape index (κ3) is 3.41. The first-order valence-corrected chi connectivity index (χ1v) is 10.4. The van der Waals surface area contributed by atoms with Crippen LogP contribution in [0, 0.1) is 5.41 Å². The molecule has 2 fully saturated rings. The second-order valence-electron chi connectivity index (χ2n) is 7.63. The molecule has 3 heterocycles. The topological polar surface area (TPSA) is 47.9 Å². The fraction of sp³-hybridized carbons (Fsp3) is 0.684. The molecule has 1 spiro atoms. The molecule has 1 saturated carbocycles. The Bertz CT molecular complexity index is 664. The third-order valence-electron chi connectivity index (χ3n) is 6.01. The molecular formula is C19H28N4OS. The fourth-order valence-electron chi connectivity index (χ4n) is 4.33. The Morgan fingerprint density at radius 3 is 2.92 bits per heavy atom. The smallest absolute Gasteiger partial charge is 0.244 e. The lowest BCUT2D eigenvalue weighted by Gasteiger charge is -2.38. The van der Waals surface area contributed by atoms with E-state index in [1.807, 2.05) is 4.90 Å². The minimum absolute atomic E-state index is 0.143. The molecule has 2 aliphatic heterocycles. The Morgan fingerprint density at radius 1 is 1.32 bits per heavy atom. The van der Waals surface area contributed by atoms with Gasteiger partial charge in [-0.05, 0) is 55.0 Å². The van der Waals surface area contributed by atoms with Crippen molar-refractivity contribution >= 4 is 23.2 Å². The number of likely N-dealkylation sites (tertiary alicyclic amines) is 1. The summed E-state index contributed by atoms with van der Waals surface area (Å²) in [6, 6.07) is 2.15. The number of hydrogen-bond donors (Lipinski definition) is 1. The van der Waals surface area contributed by atoms with Crippen LogP contribution in [0.1, 0.15) is 43.0 Å². The average molecular weight is 361 g/mol. The largest absolute Gasteiger partial charge is 0.357 e. The van der Waals surface area contributed by atoms with E-state index in [9.17, 15) is 4.79 Å². The van der Waals surface area contributed by atoms with Crippen molar-refractivity contribution in [2.24, 2.45) is 10.4 Å². The van der Waals surface area contributed by atoms with Crippen LogP contribution < -0.4 is 5.32 Å². The fourth-order valence-corrected chi connectivity index (χ4v) is 5.22. The van der Waals surface area contributed by atoms with Crippen molar-refractivity contribution in [3.63, 3.8) is 0 Å². The number of rotatable bonds is 3. The number of carbonyl (C=O) groups excluding carboxylic acids is 1. The van der Waals surface area contributed by atoms with Gasteiger partial charge in [0.1, 0.15) is 6.54 Å². The number of hydrogen-bond acceptors (Lipinski definition) is 3. The van der Waals surface area contributed by atoms with Crippen molar-refractivity contribution in [3.8, 4) is 0 Å². The van der Waals surface area contributed by atoms with Crippen LogP contribution in [0.5, 0.6) is 0 Å². The van der Waals surface area contributed by atoms with Crippen LogP contribution in [0.2, 0.25) is 0 Å². The van der Waals surface area contributed by atoms with Crippen molar-refractivity contribution < 1.29 is 4.79 Å². The molecule has 1 amide bonds. The summed E-state index contributed by atoms with van der Waals surface area (Å²) in [6.45, 7) is 6.94. The van der Waals surface area contributed by atoms with Crippen molar-refractivity contribution in [1.29, 1.82) is 0 Å². The average Bonchev–Trinajstić information content (AvgIpc) is 3.24. The summed E-state index contributed by atoms with van der Waals surface area (Å²) in [5.74, 6) is 1.07. The van der Waals surface area contributed by atoms with E-state index >= 15 is 0 Å². The van der Waals surface area contributed by atoms with Crippen LogP contribution in [0.3, 0.4) is 0 Å². The molecule has 3 aliphatic rings. The number of carbonyl (C=O) groups is 1. The van der Waals surface area contributed by atoms with Gasteiger partial charge in [-0.25, -0.2) is 4.99 Å². The number of aliphatic imine (C=N–C) groups is 1. The molecule has 4 rings (SSSR count). The molecule has 1 N–H and O–H groups in total. The summed E-state index contributed by atoms with van der Waals surface area (Å²) < 4.78 is 0. The van der Waals surface area contributed by atoms with Crippen LogP contribution in [-0.4, -0.2) is 54.4 Å². The van der Waals surface area contributed by atoms with E-state index in [1.54, 1.807) is 11.3 Å². The van der Waals surface area contributed by atoms with Crippen LogP contribution in [0.15, 0.2) is 16.4 Å². The number of fused-ring (bicyclic) bond motifs is 1. The van der Waals surface area contributed by atoms with E-state index in [2.05, 4.69) is 33.6 Å². The number of thiophene rings is 1. The van der Waals surface area contributed by atoms with Crippen molar-refractivity contribution in [1.82, 2.24) is 15.1 Å². The van der Waals surface area contributed by atoms with E-state index in [4.69, 9.17) is 0 Å². The molecule has 1 saturated heterocycles. The van der Waals surface area contributed by atoms with Gasteiger partial charge in [-0.2, -0.15) is 0 Å². The van der Waals surface area contributed by atoms with Gasteiger partial charge in [0.15, 0.2) is 5.96 Å². The number of amides is 1. The SMILES string of the molecule is CCNC(=NCC(=O)N1CCc2sccc2C1)N1CCC2(CCC2)C1. The minimum atomic E-state index is 0.143. The van der Waals surface area contributed by atoms with Gasteiger partial charge in [0.2, 0.25) is 5.91 Å². The van der Waals surface area contributed by atoms with Crippen LogP contribution >= 0.6 is 11.3 Å². The molecule has 0 radical (unpaired) electrons. The molecule has 5 nitrogen and oxygen atoms in total. The van der Waals surface area contributed by atoms with E-state index < -0.39 is 0 Å². The quantitative estimate of drug-likeness (QED) is 0.665. The lowest BCUT2D eigenvalue weighted by molar-refractivity contribution is -0.130. The monoisotopic (exact) mass is 360 g/mol. The zero-order valence-electron chi connectivity index (χ0n) is 15.1. The first-order chi connectivity index (χ1) is 12.2. The highest BCUT2D eigenvalue weighted by Gasteiger charge is 2.43. The molecule has 1 aromatic heterocycles. The molecule has 0 unspecified atom stereocenters. The van der Waals surface area contributed by atoms with Crippen molar-refractivity contribution in [2.75, 3.05) is 32.7 Å². The molecule has 25 heavy (non-hydrogen) atoms. The van der Waals surface area contributed by atoms with Gasteiger partial charge in [-0.1, -0.05) is 6.42 Å². The van der Waals surface area contributed by atoms with E-state index in [0.717, 1.165) is 45.1 Å². The molecule has 0 bridgehead atoms. The molecular weight excluding hydrogens is 332 g/mol. The molecule has 1 aromatic rings. The Hall–Kier alpha value is -1.56. The van der Waals surface area contributed by atoms with Crippen LogP contribution in [0.4, 0.5) is 0 Å². The van der Waals surface area contributed by atoms with Crippen molar-refractivity contribution in [3.05, 3.63) is 21.9 Å². The number of guanidine groups is 1. The van der Waals surface area contributed by atoms with E-state index in [0.29, 0.717) is 5.41 Å². The molecule has 6 heteroatoms. The first-order valence-electron chi connectivity index (χ1n) is 9.55. The zero-order valence-corrected chi connectivity index (χ0v) is 15.9. The second-order valence-corrected chi connectivity index (χ2v) is 8.63. The third-order valence-corrected chi connectivity index (χ3v) is 7.03. The Labute approximate surface area is 154 Å². The van der Waals surface area contributed by atoms with Crippen molar-refractivity contribution in [2.45, 2.75) is 45.6 Å². The van der Waals surface area contributed by atoms with E-state index in [-0.39, 0.29) is 12.5 Å². The predicted molar refractivity (Wildman–Crippen MR) is 102 cm³/mol. The summed E-state index contributed by atoms with van der Waals surface area (Å²) in [5.41, 5.74) is 1.86. The lowest BCUT2D eigenvalue weighted by Crippen LogP contribution is -2.43. The van der Waals surface area contributed by atoms with Gasteiger partial charge in [0.25, 0.3) is 0 Å². The van der Waals surface area contributed by atoms with Gasteiger partial charge in [0, 0.05) is 37.6 Å². The lowest BCUT2D eigenvalue weighted by atomic mass is 9.68. The van der Waals surface area contributed by atoms with Gasteiger partial charge < -0.3 is 15.1 Å². The zero-order chi connectivity index (χ0) is 17.3. The normalized spacial score (nSPS) is 22.0. The molecule has 0 aromatic carbocycles. The van der Waals surface area contributed by atoms with Gasteiger partial charge >= 0.3 is 0 Å². The maximum atomic E-state index is 12.6. The predicted octanol–water partition coefficient (Wildman–Crippen LogP) is 2.47. The van der Waals surface area contributed by atoms with Gasteiger partial charge in [0.05, 0.1) is 0 Å². The Morgan fingerprint density at radius 2 is 2.20 bits per heavy atom. The highest BCUT2D eigenvalue weighted by Crippen LogP contribution is 2.47. The first kappa shape index (κ1) is 16.9. The maximum Gasteiger partial charge on any atom is 0.244 e. The highest BCUT2D eigenvalue weighted by atomic mass is 32.1. The number of nitrogens with one attached hydrogen (secondary N) is 1. The standard InChI is InChI=1S/C19H28N4OS/c1-2-20-18(23-10-8-19(14-23)6-3-7-19)21-12-17(24)22-9-4-16-15(13-22)5-11-25-16/h5,11H,2-4,6-10,12-14H2,1H3,(H,20,21). The maximum absolute atomic E-state index is 12.6. The second kappa shape index (κ2) is 6.98. The summed E-state index contributed by atoms with van der Waals surface area (Å²) in [4.78, 5) is 23.1. The molecule has 0 atom stereocenters.